The van der Waals surface area contributed by atoms with Crippen LogP contribution in [0, 0.1) is 5.92 Å². The van der Waals surface area contributed by atoms with Crippen molar-refractivity contribution in [2.45, 2.75) is 37.5 Å². The van der Waals surface area contributed by atoms with Gasteiger partial charge in [-0.1, -0.05) is 11.3 Å². The van der Waals surface area contributed by atoms with Gasteiger partial charge < -0.3 is 9.64 Å². The van der Waals surface area contributed by atoms with Crippen LogP contribution in [0.2, 0.25) is 0 Å². The van der Waals surface area contributed by atoms with Crippen molar-refractivity contribution < 1.29 is 34.2 Å². The van der Waals surface area contributed by atoms with Crippen LogP contribution < -0.4 is 0 Å². The number of rotatable bonds is 6. The molecule has 3 rings (SSSR count). The second kappa shape index (κ2) is 7.13. The molecule has 0 aliphatic carbocycles. The summed E-state index contributed by atoms with van der Waals surface area (Å²) in [5, 5.41) is 0.123. The highest BCUT2D eigenvalue weighted by Crippen LogP contribution is 2.36. The van der Waals surface area contributed by atoms with Crippen molar-refractivity contribution in [3.8, 4) is 0 Å². The molecule has 0 saturated carbocycles. The molecule has 150 valence electrons. The molecule has 1 aliphatic rings. The van der Waals surface area contributed by atoms with Gasteiger partial charge in [0.15, 0.2) is 5.69 Å². The predicted molar refractivity (Wildman–Crippen MR) is 85.5 cm³/mol. The number of hydrogen-bond donors (Lipinski definition) is 0. The lowest BCUT2D eigenvalue weighted by atomic mass is 10.1. The standard InChI is InChI=1S/C14H14ClF5N4O2S/c1-26-6-9-22-24-8(11(14(18,19)20)21-12(24)27-9)5-23-4-7(2-10(23)25)3-13(15,16)17/h7H,2-6H2,1H3/t7-/m1/s1/i3D2. The summed E-state index contributed by atoms with van der Waals surface area (Å²) in [4.78, 5) is 16.6. The molecular formula is C14H14ClF5N4O2S. The first-order chi connectivity index (χ1) is 13.3. The molecule has 1 saturated heterocycles. The van der Waals surface area contributed by atoms with E-state index in [1.54, 1.807) is 0 Å². The van der Waals surface area contributed by atoms with E-state index in [2.05, 4.69) is 10.1 Å². The molecule has 2 aromatic heterocycles. The van der Waals surface area contributed by atoms with Crippen LogP contribution in [0.1, 0.15) is 31.9 Å². The van der Waals surface area contributed by atoms with Gasteiger partial charge in [-0.25, -0.2) is 9.50 Å². The third kappa shape index (κ3) is 4.49. The monoisotopic (exact) mass is 434 g/mol. The van der Waals surface area contributed by atoms with E-state index in [1.807, 2.05) is 0 Å². The summed E-state index contributed by atoms with van der Waals surface area (Å²) in [5.74, 6) is -2.25. The average molecular weight is 435 g/mol. The van der Waals surface area contributed by atoms with Gasteiger partial charge in [-0.3, -0.25) is 4.79 Å². The van der Waals surface area contributed by atoms with E-state index in [9.17, 15) is 26.7 Å². The number of likely N-dealkylation sites (tertiary alicyclic amines) is 1. The summed E-state index contributed by atoms with van der Waals surface area (Å²) in [7, 11) is 1.38. The van der Waals surface area contributed by atoms with Gasteiger partial charge in [0.2, 0.25) is 10.9 Å². The molecular weight excluding hydrogens is 419 g/mol. The molecule has 3 heterocycles. The number of carbonyl (C=O) groups is 1. The highest BCUT2D eigenvalue weighted by atomic mass is 35.5. The normalized spacial score (nSPS) is 20.5. The van der Waals surface area contributed by atoms with Gasteiger partial charge in [0.05, 0.1) is 18.8 Å². The summed E-state index contributed by atoms with van der Waals surface area (Å²) in [6, 6.07) is 0. The Morgan fingerprint density at radius 2 is 2.11 bits per heavy atom. The molecule has 27 heavy (non-hydrogen) atoms. The zero-order chi connectivity index (χ0) is 21.8. The zero-order valence-electron chi connectivity index (χ0n) is 15.7. The minimum atomic E-state index is -4.83. The molecule has 0 radical (unpaired) electrons. The van der Waals surface area contributed by atoms with Crippen molar-refractivity contribution in [1.82, 2.24) is 19.5 Å². The van der Waals surface area contributed by atoms with E-state index in [1.165, 1.54) is 7.11 Å². The Morgan fingerprint density at radius 3 is 2.70 bits per heavy atom. The van der Waals surface area contributed by atoms with Crippen molar-refractivity contribution in [2.75, 3.05) is 13.7 Å². The first kappa shape index (κ1) is 17.6. The van der Waals surface area contributed by atoms with Gasteiger partial charge in [0.1, 0.15) is 5.01 Å². The molecule has 0 spiro atoms. The molecule has 0 bridgehead atoms. The second-order valence-electron chi connectivity index (χ2n) is 5.85. The first-order valence-electron chi connectivity index (χ1n) is 8.53. The van der Waals surface area contributed by atoms with Crippen LogP contribution in [0.4, 0.5) is 22.0 Å². The minimum absolute atomic E-state index is 0.0462. The Hall–Kier alpha value is -1.53. The molecule has 1 amide bonds. The van der Waals surface area contributed by atoms with Crippen LogP contribution in [-0.4, -0.2) is 44.4 Å². The number of amides is 1. The van der Waals surface area contributed by atoms with Crippen molar-refractivity contribution >= 4 is 33.8 Å². The van der Waals surface area contributed by atoms with Crippen LogP contribution in [0.15, 0.2) is 0 Å². The summed E-state index contributed by atoms with van der Waals surface area (Å²) >= 11 is 5.69. The number of ether oxygens (including phenoxy) is 1. The predicted octanol–water partition coefficient (Wildman–Crippen LogP) is 3.53. The van der Waals surface area contributed by atoms with Crippen molar-refractivity contribution in [3.63, 3.8) is 0 Å². The fourth-order valence-electron chi connectivity index (χ4n) is 2.81. The molecule has 1 aliphatic heterocycles. The minimum Gasteiger partial charge on any atom is -0.377 e. The number of carbonyl (C=O) groups excluding carboxylic acids is 1. The SMILES string of the molecule is [2H]C([2H])([C@H]1CC(=O)N(Cc2c(C(F)(F)F)nc3sc(COC)nn23)C1)C(F)(F)Cl. The highest BCUT2D eigenvalue weighted by Gasteiger charge is 2.42. The fourth-order valence-corrected chi connectivity index (χ4v) is 3.85. The third-order valence-corrected chi connectivity index (χ3v) is 4.79. The van der Waals surface area contributed by atoms with Crippen LogP contribution in [0.3, 0.4) is 0 Å². The highest BCUT2D eigenvalue weighted by molar-refractivity contribution is 7.16. The molecule has 1 fully saturated rings. The van der Waals surface area contributed by atoms with E-state index in [0.717, 1.165) is 20.8 Å². The Balaban J connectivity index is 1.93. The van der Waals surface area contributed by atoms with Gasteiger partial charge in [0, 0.05) is 29.2 Å². The van der Waals surface area contributed by atoms with Crippen LogP contribution in [0.5, 0.6) is 0 Å². The Bertz CT molecular complexity index is 930. The molecule has 0 unspecified atom stereocenters. The second-order valence-corrected chi connectivity index (χ2v) is 7.36. The Kier molecular flexibility index (Phi) is 4.64. The van der Waals surface area contributed by atoms with Crippen molar-refractivity contribution in [2.24, 2.45) is 5.92 Å². The molecule has 0 N–H and O–H groups in total. The molecule has 6 nitrogen and oxygen atoms in total. The lowest BCUT2D eigenvalue weighted by Crippen LogP contribution is -2.27. The van der Waals surface area contributed by atoms with E-state index in [0.29, 0.717) is 5.01 Å². The summed E-state index contributed by atoms with van der Waals surface area (Å²) in [6.45, 7) is -1.09. The fraction of sp³-hybridized carbons (Fsp3) is 0.643. The maximum absolute atomic E-state index is 13.4. The lowest BCUT2D eigenvalue weighted by molar-refractivity contribution is -0.142. The van der Waals surface area contributed by atoms with Gasteiger partial charge in [-0.2, -0.15) is 27.1 Å². The van der Waals surface area contributed by atoms with Crippen molar-refractivity contribution in [3.05, 3.63) is 16.4 Å². The van der Waals surface area contributed by atoms with E-state index in [-0.39, 0.29) is 11.6 Å². The maximum atomic E-state index is 13.4. The largest absolute Gasteiger partial charge is 0.435 e. The molecule has 13 heteroatoms. The topological polar surface area (TPSA) is 59.7 Å². The number of nitrogens with zero attached hydrogens (tertiary/aromatic N) is 4. The number of alkyl halides is 6. The smallest absolute Gasteiger partial charge is 0.377 e. The van der Waals surface area contributed by atoms with Gasteiger partial charge in [0.25, 0.3) is 0 Å². The quantitative estimate of drug-likeness (QED) is 0.515. The average Bonchev–Trinajstić information content (AvgIpc) is 3.21. The number of halogens is 6. The van der Waals surface area contributed by atoms with E-state index < -0.39 is 60.7 Å². The number of imidazole rings is 1. The summed E-state index contributed by atoms with van der Waals surface area (Å²) in [6.07, 6.45) is -8.65. The molecule has 2 aromatic rings. The van der Waals surface area contributed by atoms with Gasteiger partial charge >= 0.3 is 11.6 Å². The Morgan fingerprint density at radius 1 is 1.41 bits per heavy atom. The summed E-state index contributed by atoms with van der Waals surface area (Å²) < 4.78 is 87.8. The van der Waals surface area contributed by atoms with Gasteiger partial charge in [-0.15, -0.1) is 0 Å². The number of methoxy groups -OCH3 is 1. The van der Waals surface area contributed by atoms with E-state index in [4.69, 9.17) is 19.1 Å². The lowest BCUT2D eigenvalue weighted by Gasteiger charge is -2.18. The van der Waals surface area contributed by atoms with Crippen LogP contribution >= 0.6 is 22.9 Å². The summed E-state index contributed by atoms with van der Waals surface area (Å²) in [5.41, 5.74) is -1.69. The van der Waals surface area contributed by atoms with Crippen LogP contribution in [-0.2, 0) is 28.9 Å². The number of aromatic nitrogens is 3. The van der Waals surface area contributed by atoms with E-state index >= 15 is 0 Å². The number of hydrogen-bond acceptors (Lipinski definition) is 5. The maximum Gasteiger partial charge on any atom is 0.435 e. The number of fused-ring (bicyclic) bond motifs is 1. The zero-order valence-corrected chi connectivity index (χ0v) is 15.3. The van der Waals surface area contributed by atoms with Crippen molar-refractivity contribution in [1.29, 1.82) is 0 Å². The third-order valence-electron chi connectivity index (χ3n) is 3.80. The molecule has 0 aromatic carbocycles. The molecule has 1 atom stereocenters. The first-order valence-corrected chi connectivity index (χ1v) is 8.73. The van der Waals surface area contributed by atoms with Crippen LogP contribution in [0.25, 0.3) is 4.96 Å². The van der Waals surface area contributed by atoms with Gasteiger partial charge in [-0.05, 0) is 17.5 Å². The Labute approximate surface area is 161 Å².